The Morgan fingerprint density at radius 1 is 1.25 bits per heavy atom. The molecule has 0 bridgehead atoms. The Hall–Kier alpha value is -3.15. The largest absolute Gasteiger partial charge is 0.507 e. The lowest BCUT2D eigenvalue weighted by Crippen LogP contribution is -2.27. The Kier molecular flexibility index (Phi) is 4.63. The number of fused-ring (bicyclic) bond motifs is 1. The highest BCUT2D eigenvalue weighted by Gasteiger charge is 2.25. The molecule has 1 aromatic heterocycles. The van der Waals surface area contributed by atoms with Gasteiger partial charge in [-0.2, -0.15) is 0 Å². The number of carbonyl (C=O) groups is 1. The second-order valence-electron chi connectivity index (χ2n) is 7.10. The van der Waals surface area contributed by atoms with Crippen LogP contribution in [0.25, 0.3) is 22.2 Å². The summed E-state index contributed by atoms with van der Waals surface area (Å²) in [5.74, 6) is -1.08. The molecule has 1 fully saturated rings. The maximum atomic E-state index is 13.4. The number of anilines is 1. The number of aromatic hydroxyl groups is 1. The predicted octanol–water partition coefficient (Wildman–Crippen LogP) is 4.52. The molecule has 1 aliphatic rings. The molecule has 0 spiro atoms. The maximum Gasteiger partial charge on any atom is 0.341 e. The molecule has 28 heavy (non-hydrogen) atoms. The lowest BCUT2D eigenvalue weighted by atomic mass is 10.0. The number of phenols is 1. The first-order valence-corrected chi connectivity index (χ1v) is 9.26. The number of carbonyl (C=O) groups excluding carboxylic acids is 1. The molecule has 1 aliphatic heterocycles. The smallest absolute Gasteiger partial charge is 0.341 e. The maximum absolute atomic E-state index is 13.4. The number of nitrogens with zero attached hydrogens (tertiary/aromatic N) is 2. The molecule has 1 atom stereocenters. The van der Waals surface area contributed by atoms with E-state index in [9.17, 15) is 14.3 Å². The molecule has 5 nitrogen and oxygen atoms in total. The Bertz CT molecular complexity index is 1050. The van der Waals surface area contributed by atoms with Crippen molar-refractivity contribution in [2.45, 2.75) is 25.8 Å². The van der Waals surface area contributed by atoms with Crippen LogP contribution in [0.2, 0.25) is 0 Å². The van der Waals surface area contributed by atoms with E-state index in [1.165, 1.54) is 25.3 Å². The van der Waals surface area contributed by atoms with Gasteiger partial charge in [0.05, 0.1) is 24.0 Å². The molecule has 2 aromatic carbocycles. The molecule has 2 heterocycles. The van der Waals surface area contributed by atoms with E-state index in [1.54, 1.807) is 18.2 Å². The average molecular weight is 380 g/mol. The molecule has 0 aliphatic carbocycles. The molecular weight excluding hydrogens is 359 g/mol. The summed E-state index contributed by atoms with van der Waals surface area (Å²) in [6.45, 7) is 3.08. The van der Waals surface area contributed by atoms with E-state index in [-0.39, 0.29) is 17.1 Å². The number of pyridine rings is 1. The van der Waals surface area contributed by atoms with E-state index in [4.69, 9.17) is 9.72 Å². The van der Waals surface area contributed by atoms with Crippen molar-refractivity contribution in [2.24, 2.45) is 0 Å². The summed E-state index contributed by atoms with van der Waals surface area (Å²) in [7, 11) is 1.28. The van der Waals surface area contributed by atoms with Crippen molar-refractivity contribution in [3.63, 3.8) is 0 Å². The van der Waals surface area contributed by atoms with Gasteiger partial charge in [-0.1, -0.05) is 0 Å². The van der Waals surface area contributed by atoms with Gasteiger partial charge in [0.2, 0.25) is 0 Å². The molecule has 0 radical (unpaired) electrons. The van der Waals surface area contributed by atoms with E-state index in [0.29, 0.717) is 11.6 Å². The zero-order chi connectivity index (χ0) is 19.8. The second kappa shape index (κ2) is 7.11. The number of halogens is 1. The normalized spacial score (nSPS) is 16.5. The molecule has 1 N–H and O–H groups in total. The minimum atomic E-state index is -0.599. The average Bonchev–Trinajstić information content (AvgIpc) is 3.12. The first-order valence-electron chi connectivity index (χ1n) is 9.26. The van der Waals surface area contributed by atoms with Crippen molar-refractivity contribution >= 4 is 22.6 Å². The number of phenolic OH excluding ortho intramolecular Hbond substituents is 1. The Morgan fingerprint density at radius 2 is 2.00 bits per heavy atom. The highest BCUT2D eigenvalue weighted by molar-refractivity contribution is 5.99. The SMILES string of the molecule is COC(=O)c1cc2cc(N3CCC[C@@H]3C)c(-c3ccc(F)cc3)nc2cc1O. The Morgan fingerprint density at radius 3 is 2.64 bits per heavy atom. The zero-order valence-electron chi connectivity index (χ0n) is 15.8. The van der Waals surface area contributed by atoms with Crippen LogP contribution in [0, 0.1) is 5.82 Å². The van der Waals surface area contributed by atoms with Crippen molar-refractivity contribution < 1.29 is 19.0 Å². The van der Waals surface area contributed by atoms with Crippen LogP contribution in [0.1, 0.15) is 30.1 Å². The van der Waals surface area contributed by atoms with Gasteiger partial charge < -0.3 is 14.7 Å². The summed E-state index contributed by atoms with van der Waals surface area (Å²) >= 11 is 0. The quantitative estimate of drug-likeness (QED) is 0.677. The third-order valence-corrected chi connectivity index (χ3v) is 5.30. The van der Waals surface area contributed by atoms with Gasteiger partial charge in [0, 0.05) is 29.6 Å². The molecule has 0 amide bonds. The van der Waals surface area contributed by atoms with Crippen LogP contribution in [0.3, 0.4) is 0 Å². The topological polar surface area (TPSA) is 62.7 Å². The van der Waals surface area contributed by atoms with Gasteiger partial charge in [-0.25, -0.2) is 14.2 Å². The lowest BCUT2D eigenvalue weighted by Gasteiger charge is -2.26. The molecular formula is C22H21FN2O3. The third kappa shape index (κ3) is 3.15. The summed E-state index contributed by atoms with van der Waals surface area (Å²) in [5, 5.41) is 11.0. The van der Waals surface area contributed by atoms with Gasteiger partial charge in [-0.05, 0) is 56.2 Å². The van der Waals surface area contributed by atoms with E-state index in [2.05, 4.69) is 11.8 Å². The summed E-state index contributed by atoms with van der Waals surface area (Å²) in [6, 6.07) is 11.6. The number of aromatic nitrogens is 1. The van der Waals surface area contributed by atoms with Crippen LogP contribution < -0.4 is 4.90 Å². The van der Waals surface area contributed by atoms with Crippen molar-refractivity contribution in [2.75, 3.05) is 18.6 Å². The Labute approximate surface area is 162 Å². The number of esters is 1. The molecule has 0 saturated carbocycles. The van der Waals surface area contributed by atoms with Crippen molar-refractivity contribution in [3.05, 3.63) is 53.8 Å². The number of benzene rings is 2. The molecule has 6 heteroatoms. The predicted molar refractivity (Wildman–Crippen MR) is 106 cm³/mol. The number of hydrogen-bond acceptors (Lipinski definition) is 5. The van der Waals surface area contributed by atoms with Crippen LogP contribution in [-0.2, 0) is 4.74 Å². The van der Waals surface area contributed by atoms with Gasteiger partial charge in [-0.3, -0.25) is 0 Å². The highest BCUT2D eigenvalue weighted by atomic mass is 19.1. The number of ether oxygens (including phenoxy) is 1. The van der Waals surface area contributed by atoms with Crippen molar-refractivity contribution in [1.29, 1.82) is 0 Å². The summed E-state index contributed by atoms with van der Waals surface area (Å²) in [6.07, 6.45) is 2.18. The lowest BCUT2D eigenvalue weighted by molar-refractivity contribution is 0.0597. The van der Waals surface area contributed by atoms with Crippen LogP contribution in [0.4, 0.5) is 10.1 Å². The van der Waals surface area contributed by atoms with Crippen molar-refractivity contribution in [3.8, 4) is 17.0 Å². The van der Waals surface area contributed by atoms with Crippen LogP contribution >= 0.6 is 0 Å². The van der Waals surface area contributed by atoms with E-state index < -0.39 is 5.97 Å². The first kappa shape index (κ1) is 18.2. The van der Waals surface area contributed by atoms with Gasteiger partial charge in [0.15, 0.2) is 0 Å². The fourth-order valence-corrected chi connectivity index (χ4v) is 3.80. The molecule has 144 valence electrons. The number of rotatable bonds is 3. The fourth-order valence-electron chi connectivity index (χ4n) is 3.80. The first-order chi connectivity index (χ1) is 13.5. The van der Waals surface area contributed by atoms with E-state index >= 15 is 0 Å². The minimum Gasteiger partial charge on any atom is -0.507 e. The van der Waals surface area contributed by atoms with E-state index in [0.717, 1.165) is 41.7 Å². The van der Waals surface area contributed by atoms with Crippen LogP contribution in [0.5, 0.6) is 5.75 Å². The third-order valence-electron chi connectivity index (χ3n) is 5.30. The fraction of sp³-hybridized carbons (Fsp3) is 0.273. The highest BCUT2D eigenvalue weighted by Crippen LogP contribution is 2.37. The monoisotopic (exact) mass is 380 g/mol. The van der Waals surface area contributed by atoms with Crippen molar-refractivity contribution in [1.82, 2.24) is 4.98 Å². The van der Waals surface area contributed by atoms with Gasteiger partial charge in [0.25, 0.3) is 0 Å². The molecule has 4 rings (SSSR count). The molecule has 1 saturated heterocycles. The van der Waals surface area contributed by atoms with Crippen LogP contribution in [-0.4, -0.2) is 35.8 Å². The standard InChI is InChI=1S/C22H21FN2O3/c1-13-4-3-9-25(13)19-11-15-10-17(22(27)28-2)20(26)12-18(15)24-21(19)14-5-7-16(23)8-6-14/h5-8,10-13,26H,3-4,9H2,1-2H3/t13-/m0/s1. The minimum absolute atomic E-state index is 0.103. The summed E-state index contributed by atoms with van der Waals surface area (Å²) < 4.78 is 18.2. The van der Waals surface area contributed by atoms with Gasteiger partial charge in [-0.15, -0.1) is 0 Å². The summed E-state index contributed by atoms with van der Waals surface area (Å²) in [4.78, 5) is 19.0. The van der Waals surface area contributed by atoms with E-state index in [1.807, 2.05) is 6.07 Å². The van der Waals surface area contributed by atoms with Gasteiger partial charge >= 0.3 is 5.97 Å². The zero-order valence-corrected chi connectivity index (χ0v) is 15.8. The number of hydrogen-bond donors (Lipinski definition) is 1. The van der Waals surface area contributed by atoms with Crippen LogP contribution in [0.15, 0.2) is 42.5 Å². The number of methoxy groups -OCH3 is 1. The van der Waals surface area contributed by atoms with Gasteiger partial charge in [0.1, 0.15) is 17.1 Å². The Balaban J connectivity index is 1.95. The summed E-state index contributed by atoms with van der Waals surface area (Å²) in [5.41, 5.74) is 3.12. The second-order valence-corrected chi connectivity index (χ2v) is 7.10. The molecule has 3 aromatic rings. The molecule has 0 unspecified atom stereocenters.